The predicted molar refractivity (Wildman–Crippen MR) is 73.4 cm³/mol. The molecule has 17 heavy (non-hydrogen) atoms. The van der Waals surface area contributed by atoms with Gasteiger partial charge in [-0.25, -0.2) is 4.98 Å². The minimum atomic E-state index is 0.286. The van der Waals surface area contributed by atoms with Crippen molar-refractivity contribution in [1.82, 2.24) is 10.3 Å². The van der Waals surface area contributed by atoms with Crippen LogP contribution in [0.4, 0.5) is 0 Å². The Kier molecular flexibility index (Phi) is 6.70. The van der Waals surface area contributed by atoms with Gasteiger partial charge in [0.15, 0.2) is 0 Å². The van der Waals surface area contributed by atoms with Gasteiger partial charge in [0.2, 0.25) is 0 Å². The molecule has 0 spiro atoms. The lowest BCUT2D eigenvalue weighted by atomic mass is 10.0. The van der Waals surface area contributed by atoms with Crippen molar-refractivity contribution >= 4 is 11.3 Å². The van der Waals surface area contributed by atoms with Crippen molar-refractivity contribution in [2.24, 2.45) is 5.92 Å². The van der Waals surface area contributed by atoms with Crippen molar-refractivity contribution in [3.63, 3.8) is 0 Å². The molecule has 3 nitrogen and oxygen atoms in total. The first-order valence-corrected chi connectivity index (χ1v) is 7.31. The average Bonchev–Trinajstić information content (AvgIpc) is 2.77. The summed E-state index contributed by atoms with van der Waals surface area (Å²) in [5.74, 6) is 1.09. The molecule has 0 aromatic carbocycles. The highest BCUT2D eigenvalue weighted by atomic mass is 32.1. The summed E-state index contributed by atoms with van der Waals surface area (Å²) >= 11 is 1.74. The Hall–Kier alpha value is -0.450. The summed E-state index contributed by atoms with van der Waals surface area (Å²) in [6.45, 7) is 8.60. The van der Waals surface area contributed by atoms with Gasteiger partial charge in [0.1, 0.15) is 0 Å². The van der Waals surface area contributed by atoms with Crippen molar-refractivity contribution in [2.75, 3.05) is 13.2 Å². The van der Waals surface area contributed by atoms with Crippen molar-refractivity contribution < 1.29 is 5.11 Å². The largest absolute Gasteiger partial charge is 0.396 e. The Morgan fingerprint density at radius 1 is 1.47 bits per heavy atom. The van der Waals surface area contributed by atoms with Crippen molar-refractivity contribution in [3.05, 3.63) is 16.1 Å². The van der Waals surface area contributed by atoms with Gasteiger partial charge in [-0.15, -0.1) is 11.3 Å². The van der Waals surface area contributed by atoms with Crippen LogP contribution in [0.2, 0.25) is 0 Å². The van der Waals surface area contributed by atoms with E-state index in [1.54, 1.807) is 11.3 Å². The van der Waals surface area contributed by atoms with Crippen LogP contribution in [0.1, 0.15) is 50.2 Å². The minimum Gasteiger partial charge on any atom is -0.396 e. The molecule has 2 N–H and O–H groups in total. The Morgan fingerprint density at radius 2 is 2.24 bits per heavy atom. The molecule has 1 heterocycles. The Labute approximate surface area is 108 Å². The van der Waals surface area contributed by atoms with Crippen LogP contribution in [-0.4, -0.2) is 23.2 Å². The molecule has 0 radical (unpaired) electrons. The van der Waals surface area contributed by atoms with Crippen LogP contribution >= 0.6 is 11.3 Å². The number of hydrogen-bond acceptors (Lipinski definition) is 4. The van der Waals surface area contributed by atoms with E-state index in [0.29, 0.717) is 11.8 Å². The summed E-state index contributed by atoms with van der Waals surface area (Å²) in [5.41, 5.74) is 1.14. The van der Waals surface area contributed by atoms with Gasteiger partial charge in [-0.3, -0.25) is 0 Å². The van der Waals surface area contributed by atoms with Gasteiger partial charge in [-0.1, -0.05) is 27.2 Å². The van der Waals surface area contributed by atoms with Crippen molar-refractivity contribution in [1.29, 1.82) is 0 Å². The number of aliphatic hydroxyl groups is 1. The Morgan fingerprint density at radius 3 is 2.76 bits per heavy atom. The van der Waals surface area contributed by atoms with Crippen molar-refractivity contribution in [3.8, 4) is 0 Å². The molecule has 0 fully saturated rings. The monoisotopic (exact) mass is 256 g/mol. The number of hydrogen-bond donors (Lipinski definition) is 2. The maximum atomic E-state index is 8.91. The average molecular weight is 256 g/mol. The highest BCUT2D eigenvalue weighted by Crippen LogP contribution is 2.19. The van der Waals surface area contributed by atoms with E-state index in [2.05, 4.69) is 36.5 Å². The fourth-order valence-corrected chi connectivity index (χ4v) is 2.54. The third-order valence-corrected chi connectivity index (χ3v) is 4.11. The molecule has 0 saturated heterocycles. The Balaban J connectivity index is 2.29. The highest BCUT2D eigenvalue weighted by Gasteiger charge is 2.07. The normalized spacial score (nSPS) is 13.2. The third-order valence-electron chi connectivity index (χ3n) is 2.92. The van der Waals surface area contributed by atoms with Crippen LogP contribution < -0.4 is 5.32 Å². The number of thiazole rings is 1. The summed E-state index contributed by atoms with van der Waals surface area (Å²) < 4.78 is 0. The number of rotatable bonds is 8. The van der Waals surface area contributed by atoms with Gasteiger partial charge in [0.05, 0.1) is 10.7 Å². The van der Waals surface area contributed by atoms with Crippen LogP contribution in [0.5, 0.6) is 0 Å². The lowest BCUT2D eigenvalue weighted by molar-refractivity contribution is 0.251. The second-order valence-electron chi connectivity index (χ2n) is 4.75. The zero-order chi connectivity index (χ0) is 12.7. The smallest absolute Gasteiger partial charge is 0.0954 e. The summed E-state index contributed by atoms with van der Waals surface area (Å²) in [7, 11) is 0. The van der Waals surface area contributed by atoms with Crippen LogP contribution in [0, 0.1) is 5.92 Å². The van der Waals surface area contributed by atoms with Gasteiger partial charge >= 0.3 is 0 Å². The number of nitrogens with one attached hydrogen (secondary N) is 1. The highest BCUT2D eigenvalue weighted by molar-refractivity contribution is 7.09. The molecule has 4 heteroatoms. The van der Waals surface area contributed by atoms with Crippen molar-refractivity contribution in [2.45, 2.75) is 46.1 Å². The van der Waals surface area contributed by atoms with E-state index < -0.39 is 0 Å². The standard InChI is InChI=1S/C13H24N2OS/c1-4-11(5-6-16)7-14-8-12-9-17-13(15-12)10(2)3/h9-11,14,16H,4-8H2,1-3H3/t11-/m0/s1. The van der Waals surface area contributed by atoms with Crippen LogP contribution in [-0.2, 0) is 6.54 Å². The Bertz CT molecular complexity index is 312. The molecule has 98 valence electrons. The first kappa shape index (κ1) is 14.6. The molecule has 1 aromatic heterocycles. The minimum absolute atomic E-state index is 0.286. The fraction of sp³-hybridized carbons (Fsp3) is 0.769. The summed E-state index contributed by atoms with van der Waals surface area (Å²) in [5, 5.41) is 15.7. The first-order valence-electron chi connectivity index (χ1n) is 6.43. The van der Waals surface area contributed by atoms with Crippen LogP contribution in [0.3, 0.4) is 0 Å². The molecule has 1 rings (SSSR count). The summed E-state index contributed by atoms with van der Waals surface area (Å²) in [6, 6.07) is 0. The molecule has 0 aliphatic carbocycles. The van der Waals surface area contributed by atoms with Gasteiger partial charge < -0.3 is 10.4 Å². The second kappa shape index (κ2) is 7.80. The zero-order valence-corrected chi connectivity index (χ0v) is 11.9. The SMILES string of the molecule is CC[C@@H](CCO)CNCc1csc(C(C)C)n1. The third kappa shape index (κ3) is 5.15. The van der Waals surface area contributed by atoms with E-state index in [-0.39, 0.29) is 6.61 Å². The van der Waals surface area contributed by atoms with Gasteiger partial charge in [0.25, 0.3) is 0 Å². The summed E-state index contributed by atoms with van der Waals surface area (Å²) in [6.07, 6.45) is 2.00. The zero-order valence-electron chi connectivity index (χ0n) is 11.1. The van der Waals surface area contributed by atoms with Crippen LogP contribution in [0.25, 0.3) is 0 Å². The van der Waals surface area contributed by atoms with E-state index in [0.717, 1.165) is 31.6 Å². The lowest BCUT2D eigenvalue weighted by Crippen LogP contribution is -2.23. The number of aliphatic hydroxyl groups excluding tert-OH is 1. The van der Waals surface area contributed by atoms with Gasteiger partial charge in [0, 0.05) is 24.4 Å². The van der Waals surface area contributed by atoms with Gasteiger partial charge in [-0.05, 0) is 18.9 Å². The van der Waals surface area contributed by atoms with Crippen LogP contribution in [0.15, 0.2) is 5.38 Å². The molecule has 0 aliphatic heterocycles. The van der Waals surface area contributed by atoms with E-state index in [4.69, 9.17) is 5.11 Å². The quantitative estimate of drug-likeness (QED) is 0.752. The molecule has 1 aromatic rings. The number of nitrogens with zero attached hydrogens (tertiary/aromatic N) is 1. The molecule has 0 bridgehead atoms. The van der Waals surface area contributed by atoms with E-state index >= 15 is 0 Å². The first-order chi connectivity index (χ1) is 8.17. The van der Waals surface area contributed by atoms with Gasteiger partial charge in [-0.2, -0.15) is 0 Å². The fourth-order valence-electron chi connectivity index (χ4n) is 1.71. The maximum absolute atomic E-state index is 8.91. The molecule has 0 amide bonds. The number of aromatic nitrogens is 1. The molecule has 0 unspecified atom stereocenters. The second-order valence-corrected chi connectivity index (χ2v) is 5.64. The molecule has 0 aliphatic rings. The maximum Gasteiger partial charge on any atom is 0.0954 e. The van der Waals surface area contributed by atoms with E-state index in [9.17, 15) is 0 Å². The molecular weight excluding hydrogens is 232 g/mol. The molecule has 0 saturated carbocycles. The summed E-state index contributed by atoms with van der Waals surface area (Å²) in [4.78, 5) is 4.59. The molecular formula is C13H24N2OS. The lowest BCUT2D eigenvalue weighted by Gasteiger charge is -2.13. The topological polar surface area (TPSA) is 45.1 Å². The van der Waals surface area contributed by atoms with E-state index in [1.807, 2.05) is 0 Å². The van der Waals surface area contributed by atoms with E-state index in [1.165, 1.54) is 5.01 Å². The molecule has 1 atom stereocenters. The predicted octanol–water partition coefficient (Wildman–Crippen LogP) is 2.76.